The summed E-state index contributed by atoms with van der Waals surface area (Å²) in [5, 5.41) is 0. The lowest BCUT2D eigenvalue weighted by Gasteiger charge is -2.04. The fourth-order valence-corrected chi connectivity index (χ4v) is 1.99. The molecular weight excluding hydrogens is 218 g/mol. The lowest BCUT2D eigenvalue weighted by molar-refractivity contribution is 0.283. The highest BCUT2D eigenvalue weighted by Crippen LogP contribution is 2.06. The minimum Gasteiger partial charge on any atom is -0.456 e. The maximum Gasteiger partial charge on any atom is 0.417 e. The third kappa shape index (κ3) is 3.69. The van der Waals surface area contributed by atoms with Gasteiger partial charge in [-0.05, 0) is 12.1 Å². The van der Waals surface area contributed by atoms with Crippen molar-refractivity contribution >= 4 is 16.5 Å². The summed E-state index contributed by atoms with van der Waals surface area (Å²) in [6.45, 7) is 1.21. The summed E-state index contributed by atoms with van der Waals surface area (Å²) in [6.07, 6.45) is 0. The second-order valence-electron chi connectivity index (χ2n) is 2.64. The minimum absolute atomic E-state index is 0.0322. The van der Waals surface area contributed by atoms with Crippen molar-refractivity contribution in [3.63, 3.8) is 0 Å². The van der Waals surface area contributed by atoms with Crippen molar-refractivity contribution in [1.82, 2.24) is 4.72 Å². The van der Waals surface area contributed by atoms with Crippen LogP contribution in [0.2, 0.25) is 0 Å². The van der Waals surface area contributed by atoms with Gasteiger partial charge >= 0.3 is 6.47 Å². The largest absolute Gasteiger partial charge is 0.456 e. The molecule has 1 rings (SSSR count). The second-order valence-corrected chi connectivity index (χ2v) is 4.41. The zero-order valence-corrected chi connectivity index (χ0v) is 8.66. The Kier molecular flexibility index (Phi) is 4.26. The molecule has 81 valence electrons. The topological polar surface area (TPSA) is 72.5 Å². The average molecular weight is 228 g/mol. The monoisotopic (exact) mass is 228 g/mol. The summed E-state index contributed by atoms with van der Waals surface area (Å²) in [4.78, 5) is 9.86. The van der Waals surface area contributed by atoms with Gasteiger partial charge in [0, 0.05) is 6.54 Å². The van der Waals surface area contributed by atoms with Crippen molar-refractivity contribution in [1.29, 1.82) is 0 Å². The molecule has 0 heterocycles. The number of rotatable bonds is 6. The Morgan fingerprint density at radius 1 is 1.27 bits per heavy atom. The van der Waals surface area contributed by atoms with Gasteiger partial charge in [0.25, 0.3) is 0 Å². The van der Waals surface area contributed by atoms with E-state index in [0.717, 1.165) is 0 Å². The van der Waals surface area contributed by atoms with Gasteiger partial charge in [-0.1, -0.05) is 18.2 Å². The third-order valence-corrected chi connectivity index (χ3v) is 3.09. The van der Waals surface area contributed by atoms with Crippen molar-refractivity contribution in [3.05, 3.63) is 30.3 Å². The Balaban J connectivity index is 2.57. The fraction of sp³-hybridized carbons (Fsp3) is 0.222. The van der Waals surface area contributed by atoms with E-state index in [9.17, 15) is 13.2 Å². The molecule has 6 heteroatoms. The van der Waals surface area contributed by atoms with Gasteiger partial charge in [0.15, 0.2) is 0 Å². The molecule has 0 aromatic heterocycles. The maximum absolute atomic E-state index is 11.5. The Labute approximate surface area is 88.1 Å². The minimum atomic E-state index is -3.50. The zero-order chi connectivity index (χ0) is 11.1. The predicted molar refractivity (Wildman–Crippen MR) is 53.3 cm³/mol. The van der Waals surface area contributed by atoms with Gasteiger partial charge in [-0.15, -0.1) is 0 Å². The van der Waals surface area contributed by atoms with Crippen LogP contribution in [-0.2, 0) is 19.6 Å². The molecule has 0 saturated heterocycles. The summed E-state index contributed by atoms with van der Waals surface area (Å²) in [6, 6.07) is 7.95. The number of nitrogens with one attached hydrogen (secondary N) is 1. The molecule has 1 N–H and O–H groups in total. The summed E-state index contributed by atoms with van der Waals surface area (Å²) < 4.78 is 29.6. The van der Waals surface area contributed by atoms with E-state index in [-0.39, 0.29) is 18.0 Å². The second kappa shape index (κ2) is 5.47. The SMILES string of the molecule is O=[C]OCCNS(=O)(=O)c1ccccc1. The van der Waals surface area contributed by atoms with E-state index < -0.39 is 10.0 Å². The highest BCUT2D eigenvalue weighted by molar-refractivity contribution is 7.89. The van der Waals surface area contributed by atoms with Crippen molar-refractivity contribution in [2.75, 3.05) is 13.2 Å². The molecule has 0 saturated carbocycles. The molecule has 0 bridgehead atoms. The van der Waals surface area contributed by atoms with Gasteiger partial charge in [-0.3, -0.25) is 0 Å². The predicted octanol–water partition coefficient (Wildman–Crippen LogP) is 0.0487. The van der Waals surface area contributed by atoms with Crippen molar-refractivity contribution in [2.45, 2.75) is 4.90 Å². The first kappa shape index (κ1) is 11.7. The van der Waals surface area contributed by atoms with Gasteiger partial charge in [0.1, 0.15) is 6.61 Å². The lowest BCUT2D eigenvalue weighted by atomic mass is 10.4. The Hall–Kier alpha value is -1.40. The van der Waals surface area contributed by atoms with Crippen LogP contribution in [0.5, 0.6) is 0 Å². The van der Waals surface area contributed by atoms with Crippen LogP contribution in [0.3, 0.4) is 0 Å². The third-order valence-electron chi connectivity index (χ3n) is 1.61. The molecule has 0 unspecified atom stereocenters. The Morgan fingerprint density at radius 3 is 2.53 bits per heavy atom. The highest BCUT2D eigenvalue weighted by Gasteiger charge is 2.11. The molecular formula is C9H10NO4S. The molecule has 0 spiro atoms. The van der Waals surface area contributed by atoms with E-state index in [1.165, 1.54) is 18.6 Å². The molecule has 0 aliphatic rings. The number of hydrogen-bond acceptors (Lipinski definition) is 4. The number of sulfonamides is 1. The number of ether oxygens (including phenoxy) is 1. The summed E-state index contributed by atoms with van der Waals surface area (Å²) in [7, 11) is -3.50. The Bertz CT molecular complexity index is 401. The van der Waals surface area contributed by atoms with E-state index in [0.29, 0.717) is 0 Å². The van der Waals surface area contributed by atoms with Crippen LogP contribution in [0.1, 0.15) is 0 Å². The van der Waals surface area contributed by atoms with Crippen molar-refractivity contribution < 1.29 is 17.9 Å². The van der Waals surface area contributed by atoms with Gasteiger partial charge in [-0.2, -0.15) is 0 Å². The normalized spacial score (nSPS) is 10.9. The molecule has 0 amide bonds. The first-order valence-corrected chi connectivity index (χ1v) is 5.69. The molecule has 0 aliphatic carbocycles. The van der Waals surface area contributed by atoms with Crippen LogP contribution >= 0.6 is 0 Å². The van der Waals surface area contributed by atoms with Gasteiger partial charge in [0.2, 0.25) is 10.0 Å². The zero-order valence-electron chi connectivity index (χ0n) is 7.84. The van der Waals surface area contributed by atoms with Gasteiger partial charge in [-0.25, -0.2) is 17.9 Å². The van der Waals surface area contributed by atoms with E-state index in [2.05, 4.69) is 9.46 Å². The fourth-order valence-electron chi connectivity index (χ4n) is 0.952. The number of hydrogen-bond donors (Lipinski definition) is 1. The van der Waals surface area contributed by atoms with E-state index in [1.807, 2.05) is 0 Å². The summed E-state index contributed by atoms with van der Waals surface area (Å²) in [5.41, 5.74) is 0. The summed E-state index contributed by atoms with van der Waals surface area (Å²) >= 11 is 0. The van der Waals surface area contributed by atoms with Gasteiger partial charge in [0.05, 0.1) is 4.90 Å². The molecule has 0 aliphatic heterocycles. The lowest BCUT2D eigenvalue weighted by Crippen LogP contribution is -2.27. The van der Waals surface area contributed by atoms with E-state index in [1.54, 1.807) is 18.2 Å². The molecule has 0 atom stereocenters. The quantitative estimate of drug-likeness (QED) is 0.698. The standard InChI is InChI=1S/C9H10NO4S/c11-8-14-7-6-10-15(12,13)9-4-2-1-3-5-9/h1-5,10H,6-7H2. The number of carbonyl (C=O) groups excluding carboxylic acids is 1. The molecule has 5 nitrogen and oxygen atoms in total. The van der Waals surface area contributed by atoms with Crippen LogP contribution < -0.4 is 4.72 Å². The molecule has 1 aromatic rings. The molecule has 0 fully saturated rings. The smallest absolute Gasteiger partial charge is 0.417 e. The van der Waals surface area contributed by atoms with Crippen LogP contribution in [0.15, 0.2) is 35.2 Å². The van der Waals surface area contributed by atoms with Crippen molar-refractivity contribution in [2.24, 2.45) is 0 Å². The van der Waals surface area contributed by atoms with Crippen LogP contribution in [0, 0.1) is 0 Å². The molecule has 1 radical (unpaired) electrons. The molecule has 1 aromatic carbocycles. The maximum atomic E-state index is 11.5. The molecule has 15 heavy (non-hydrogen) atoms. The first-order valence-electron chi connectivity index (χ1n) is 4.20. The van der Waals surface area contributed by atoms with Crippen LogP contribution in [-0.4, -0.2) is 28.0 Å². The van der Waals surface area contributed by atoms with E-state index >= 15 is 0 Å². The summed E-state index contributed by atoms with van der Waals surface area (Å²) in [5.74, 6) is 0. The van der Waals surface area contributed by atoms with Crippen LogP contribution in [0.25, 0.3) is 0 Å². The van der Waals surface area contributed by atoms with Gasteiger partial charge < -0.3 is 4.74 Å². The first-order chi connectivity index (χ1) is 7.17. The Morgan fingerprint density at radius 2 is 1.93 bits per heavy atom. The van der Waals surface area contributed by atoms with Crippen molar-refractivity contribution in [3.8, 4) is 0 Å². The van der Waals surface area contributed by atoms with E-state index in [4.69, 9.17) is 0 Å². The highest BCUT2D eigenvalue weighted by atomic mass is 32.2. The number of benzene rings is 1. The van der Waals surface area contributed by atoms with Crippen LogP contribution in [0.4, 0.5) is 0 Å². The average Bonchev–Trinajstić information content (AvgIpc) is 2.26.